The largest absolute Gasteiger partial charge is 0.496 e. The summed E-state index contributed by atoms with van der Waals surface area (Å²) in [6, 6.07) is 10.4. The van der Waals surface area contributed by atoms with Crippen LogP contribution in [0.5, 0.6) is 11.5 Å². The van der Waals surface area contributed by atoms with Crippen molar-refractivity contribution < 1.29 is 9.47 Å². The lowest BCUT2D eigenvalue weighted by Gasteiger charge is -2.28. The van der Waals surface area contributed by atoms with E-state index in [4.69, 9.17) is 9.47 Å². The first-order chi connectivity index (χ1) is 10.3. The van der Waals surface area contributed by atoms with Crippen LogP contribution in [0.4, 0.5) is 0 Å². The normalized spacial score (nSPS) is 16.1. The smallest absolute Gasteiger partial charge is 0.131 e. The molecular weight excluding hydrogens is 264 g/mol. The average Bonchev–Trinajstić information content (AvgIpc) is 2.55. The molecule has 0 atom stereocenters. The number of hydrogen-bond acceptors (Lipinski definition) is 4. The van der Waals surface area contributed by atoms with Crippen molar-refractivity contribution >= 4 is 10.8 Å². The van der Waals surface area contributed by atoms with E-state index in [0.717, 1.165) is 55.0 Å². The summed E-state index contributed by atoms with van der Waals surface area (Å²) in [7, 11) is 3.47. The molecule has 0 saturated carbocycles. The van der Waals surface area contributed by atoms with E-state index < -0.39 is 0 Å². The molecule has 21 heavy (non-hydrogen) atoms. The van der Waals surface area contributed by atoms with Crippen molar-refractivity contribution in [2.24, 2.45) is 0 Å². The minimum atomic E-state index is 0.895. The fourth-order valence-corrected chi connectivity index (χ4v) is 3.01. The standard InChI is InChI=1S/C17H22N2O2/c1-20-16-11-13(12-19-9-7-18-8-10-19)17(21-2)15-6-4-3-5-14(15)16/h3-6,11,18H,7-10,12H2,1-2H3. The lowest BCUT2D eigenvalue weighted by Crippen LogP contribution is -2.42. The molecule has 0 radical (unpaired) electrons. The van der Waals surface area contributed by atoms with Crippen molar-refractivity contribution in [1.82, 2.24) is 10.2 Å². The third-order valence-corrected chi connectivity index (χ3v) is 4.06. The monoisotopic (exact) mass is 286 g/mol. The zero-order chi connectivity index (χ0) is 14.7. The van der Waals surface area contributed by atoms with Gasteiger partial charge in [-0.3, -0.25) is 4.90 Å². The van der Waals surface area contributed by atoms with Crippen LogP contribution < -0.4 is 14.8 Å². The predicted molar refractivity (Wildman–Crippen MR) is 85.2 cm³/mol. The SMILES string of the molecule is COc1cc(CN2CCNCC2)c(OC)c2ccccc12. The van der Waals surface area contributed by atoms with Crippen molar-refractivity contribution in [2.45, 2.75) is 6.54 Å². The summed E-state index contributed by atoms with van der Waals surface area (Å²) < 4.78 is 11.3. The number of hydrogen-bond donors (Lipinski definition) is 1. The number of nitrogens with one attached hydrogen (secondary N) is 1. The molecule has 1 aliphatic heterocycles. The van der Waals surface area contributed by atoms with E-state index in [1.54, 1.807) is 14.2 Å². The summed E-state index contributed by atoms with van der Waals surface area (Å²) >= 11 is 0. The van der Waals surface area contributed by atoms with Crippen LogP contribution in [0.15, 0.2) is 30.3 Å². The van der Waals surface area contributed by atoms with Gasteiger partial charge in [0, 0.05) is 49.1 Å². The highest BCUT2D eigenvalue weighted by Crippen LogP contribution is 2.37. The first kappa shape index (κ1) is 14.2. The highest BCUT2D eigenvalue weighted by molar-refractivity contribution is 5.94. The zero-order valence-corrected chi connectivity index (χ0v) is 12.7. The Morgan fingerprint density at radius 1 is 1.05 bits per heavy atom. The summed E-state index contributed by atoms with van der Waals surface area (Å²) in [5, 5.41) is 5.60. The minimum Gasteiger partial charge on any atom is -0.496 e. The third-order valence-electron chi connectivity index (χ3n) is 4.06. The van der Waals surface area contributed by atoms with Gasteiger partial charge in [-0.05, 0) is 6.07 Å². The van der Waals surface area contributed by atoms with Gasteiger partial charge in [0.05, 0.1) is 14.2 Å². The van der Waals surface area contributed by atoms with E-state index >= 15 is 0 Å². The number of ether oxygens (including phenoxy) is 2. The van der Waals surface area contributed by atoms with E-state index in [1.165, 1.54) is 5.56 Å². The van der Waals surface area contributed by atoms with E-state index in [-0.39, 0.29) is 0 Å². The van der Waals surface area contributed by atoms with Gasteiger partial charge in [0.2, 0.25) is 0 Å². The van der Waals surface area contributed by atoms with Gasteiger partial charge in [-0.2, -0.15) is 0 Å². The van der Waals surface area contributed by atoms with E-state index in [0.29, 0.717) is 0 Å². The van der Waals surface area contributed by atoms with Gasteiger partial charge in [0.15, 0.2) is 0 Å². The first-order valence-electron chi connectivity index (χ1n) is 7.39. The van der Waals surface area contributed by atoms with Gasteiger partial charge in [-0.1, -0.05) is 24.3 Å². The number of benzene rings is 2. The number of rotatable bonds is 4. The van der Waals surface area contributed by atoms with Gasteiger partial charge in [0.25, 0.3) is 0 Å². The number of nitrogens with zero attached hydrogens (tertiary/aromatic N) is 1. The number of fused-ring (bicyclic) bond motifs is 1. The molecule has 112 valence electrons. The molecule has 0 aromatic heterocycles. The van der Waals surface area contributed by atoms with Gasteiger partial charge in [-0.25, -0.2) is 0 Å². The Morgan fingerprint density at radius 3 is 2.43 bits per heavy atom. The van der Waals surface area contributed by atoms with Crippen molar-refractivity contribution in [2.75, 3.05) is 40.4 Å². The molecule has 0 bridgehead atoms. The maximum atomic E-state index is 5.70. The Bertz CT molecular complexity index is 621. The molecule has 0 amide bonds. The van der Waals surface area contributed by atoms with Crippen molar-refractivity contribution in [1.29, 1.82) is 0 Å². The second-order valence-electron chi connectivity index (χ2n) is 5.34. The van der Waals surface area contributed by atoms with Crippen LogP contribution in [0.1, 0.15) is 5.56 Å². The molecule has 0 unspecified atom stereocenters. The lowest BCUT2D eigenvalue weighted by atomic mass is 10.0. The quantitative estimate of drug-likeness (QED) is 0.935. The van der Waals surface area contributed by atoms with Gasteiger partial charge in [-0.15, -0.1) is 0 Å². The summed E-state index contributed by atoms with van der Waals surface area (Å²) in [6.45, 7) is 5.13. The summed E-state index contributed by atoms with van der Waals surface area (Å²) in [5.74, 6) is 1.88. The van der Waals surface area contributed by atoms with Crippen molar-refractivity contribution in [3.63, 3.8) is 0 Å². The molecule has 3 rings (SSSR count). The summed E-state index contributed by atoms with van der Waals surface area (Å²) in [5.41, 5.74) is 1.19. The Kier molecular flexibility index (Phi) is 4.27. The number of piperazine rings is 1. The topological polar surface area (TPSA) is 33.7 Å². The number of methoxy groups -OCH3 is 2. The molecule has 1 heterocycles. The zero-order valence-electron chi connectivity index (χ0n) is 12.7. The minimum absolute atomic E-state index is 0.895. The van der Waals surface area contributed by atoms with Crippen LogP contribution in [0.2, 0.25) is 0 Å². The molecule has 1 saturated heterocycles. The Hall–Kier alpha value is -1.78. The van der Waals surface area contributed by atoms with Crippen LogP contribution in [0, 0.1) is 0 Å². The Labute approximate surface area is 125 Å². The molecule has 0 spiro atoms. The van der Waals surface area contributed by atoms with Crippen molar-refractivity contribution in [3.8, 4) is 11.5 Å². The lowest BCUT2D eigenvalue weighted by molar-refractivity contribution is 0.230. The van der Waals surface area contributed by atoms with Crippen LogP contribution >= 0.6 is 0 Å². The van der Waals surface area contributed by atoms with Crippen LogP contribution in [-0.4, -0.2) is 45.3 Å². The van der Waals surface area contributed by atoms with E-state index in [2.05, 4.69) is 28.4 Å². The molecule has 4 nitrogen and oxygen atoms in total. The van der Waals surface area contributed by atoms with Crippen molar-refractivity contribution in [3.05, 3.63) is 35.9 Å². The van der Waals surface area contributed by atoms with Crippen LogP contribution in [0.3, 0.4) is 0 Å². The molecular formula is C17H22N2O2. The third kappa shape index (κ3) is 2.82. The molecule has 1 fully saturated rings. The highest BCUT2D eigenvalue weighted by Gasteiger charge is 2.17. The van der Waals surface area contributed by atoms with E-state index in [9.17, 15) is 0 Å². The maximum absolute atomic E-state index is 5.70. The molecule has 2 aromatic carbocycles. The molecule has 2 aromatic rings. The molecule has 1 N–H and O–H groups in total. The Morgan fingerprint density at radius 2 is 1.76 bits per heavy atom. The summed E-state index contributed by atoms with van der Waals surface area (Å²) in [4.78, 5) is 2.45. The highest BCUT2D eigenvalue weighted by atomic mass is 16.5. The molecule has 0 aliphatic carbocycles. The van der Waals surface area contributed by atoms with Crippen LogP contribution in [0.25, 0.3) is 10.8 Å². The van der Waals surface area contributed by atoms with E-state index in [1.807, 2.05) is 12.1 Å². The van der Waals surface area contributed by atoms with Gasteiger partial charge < -0.3 is 14.8 Å². The summed E-state index contributed by atoms with van der Waals surface area (Å²) in [6.07, 6.45) is 0. The van der Waals surface area contributed by atoms with Gasteiger partial charge >= 0.3 is 0 Å². The molecule has 4 heteroatoms. The second kappa shape index (κ2) is 6.33. The maximum Gasteiger partial charge on any atom is 0.131 e. The average molecular weight is 286 g/mol. The fraction of sp³-hybridized carbons (Fsp3) is 0.412. The first-order valence-corrected chi connectivity index (χ1v) is 7.39. The molecule has 1 aliphatic rings. The second-order valence-corrected chi connectivity index (χ2v) is 5.34. The van der Waals surface area contributed by atoms with Gasteiger partial charge in [0.1, 0.15) is 11.5 Å². The predicted octanol–water partition coefficient (Wildman–Crippen LogP) is 2.26. The Balaban J connectivity index is 2.03. The van der Waals surface area contributed by atoms with Crippen LogP contribution in [-0.2, 0) is 6.54 Å². The fourth-order valence-electron chi connectivity index (χ4n) is 3.01.